The lowest BCUT2D eigenvalue weighted by Gasteiger charge is -2.27. The fourth-order valence-corrected chi connectivity index (χ4v) is 1.15. The second-order valence-corrected chi connectivity index (χ2v) is 2.43. The van der Waals surface area contributed by atoms with E-state index in [0.29, 0.717) is 0 Å². The van der Waals surface area contributed by atoms with Crippen LogP contribution in [0.1, 0.15) is 6.42 Å². The third kappa shape index (κ3) is 4.13. The van der Waals surface area contributed by atoms with Crippen LogP contribution in [0.3, 0.4) is 0 Å². The van der Waals surface area contributed by atoms with Crippen LogP contribution in [0, 0.1) is 0 Å². The summed E-state index contributed by atoms with van der Waals surface area (Å²) >= 11 is 0. The molecule has 0 spiro atoms. The van der Waals surface area contributed by atoms with Gasteiger partial charge in [0.2, 0.25) is 0 Å². The molecule has 0 aromatic carbocycles. The molecule has 0 amide bonds. The third-order valence-corrected chi connectivity index (χ3v) is 1.77. The second-order valence-electron chi connectivity index (χ2n) is 2.43. The van der Waals surface area contributed by atoms with Crippen LogP contribution in [0.4, 0.5) is 0 Å². The number of nitrogens with one attached hydrogen (secondary N) is 1. The zero-order valence-electron chi connectivity index (χ0n) is 6.58. The fraction of sp³-hybridized carbons (Fsp3) is 1.00. The van der Waals surface area contributed by atoms with Gasteiger partial charge >= 0.3 is 0 Å². The predicted molar refractivity (Wildman–Crippen MR) is 50.8 cm³/mol. The van der Waals surface area contributed by atoms with Gasteiger partial charge in [-0.25, -0.2) is 0 Å². The molecule has 0 saturated carbocycles. The van der Waals surface area contributed by atoms with Gasteiger partial charge in [-0.3, -0.25) is 0 Å². The highest BCUT2D eigenvalue weighted by Crippen LogP contribution is 2.03. The van der Waals surface area contributed by atoms with Crippen molar-refractivity contribution in [1.82, 2.24) is 5.32 Å². The minimum atomic E-state index is 0. The Hall–Kier alpha value is 0.460. The highest BCUT2D eigenvalue weighted by molar-refractivity contribution is 5.85. The molecule has 1 aliphatic rings. The van der Waals surface area contributed by atoms with Crippen molar-refractivity contribution in [2.24, 2.45) is 5.73 Å². The molecular weight excluding hydrogens is 187 g/mol. The largest absolute Gasteiger partial charge is 0.380 e. The lowest BCUT2D eigenvalue weighted by Crippen LogP contribution is -2.49. The van der Waals surface area contributed by atoms with Gasteiger partial charge in [0.1, 0.15) is 0 Å². The molecule has 1 aliphatic heterocycles. The van der Waals surface area contributed by atoms with Crippen molar-refractivity contribution in [1.29, 1.82) is 0 Å². The summed E-state index contributed by atoms with van der Waals surface area (Å²) in [6.07, 6.45) is 1.31. The number of rotatable bonds is 1. The lowest BCUT2D eigenvalue weighted by atomic mass is 10.1. The van der Waals surface area contributed by atoms with Crippen molar-refractivity contribution < 1.29 is 4.74 Å². The first-order valence-electron chi connectivity index (χ1n) is 3.33. The molecule has 0 aromatic heterocycles. The van der Waals surface area contributed by atoms with Gasteiger partial charge in [0, 0.05) is 19.7 Å². The minimum absolute atomic E-state index is 0. The van der Waals surface area contributed by atoms with Gasteiger partial charge in [0.05, 0.1) is 6.10 Å². The SMILES string of the molecule is COC1CCNCC1N.Cl.Cl. The Balaban J connectivity index is 0. The summed E-state index contributed by atoms with van der Waals surface area (Å²) in [5.41, 5.74) is 5.70. The topological polar surface area (TPSA) is 47.3 Å². The summed E-state index contributed by atoms with van der Waals surface area (Å²) in [7, 11) is 1.72. The number of ether oxygens (including phenoxy) is 1. The van der Waals surface area contributed by atoms with E-state index in [1.165, 1.54) is 0 Å². The molecule has 5 heteroatoms. The van der Waals surface area contributed by atoms with Crippen LogP contribution >= 0.6 is 24.8 Å². The molecule has 1 fully saturated rings. The number of nitrogens with two attached hydrogens (primary N) is 1. The van der Waals surface area contributed by atoms with E-state index in [1.807, 2.05) is 0 Å². The van der Waals surface area contributed by atoms with Crippen molar-refractivity contribution in [3.8, 4) is 0 Å². The summed E-state index contributed by atoms with van der Waals surface area (Å²) in [4.78, 5) is 0. The molecule has 3 nitrogen and oxygen atoms in total. The summed E-state index contributed by atoms with van der Waals surface area (Å²) in [5, 5.41) is 3.19. The maximum absolute atomic E-state index is 5.70. The van der Waals surface area contributed by atoms with Gasteiger partial charge in [-0.05, 0) is 13.0 Å². The predicted octanol–water partition coefficient (Wildman–Crippen LogP) is 0.166. The van der Waals surface area contributed by atoms with Gasteiger partial charge in [0.15, 0.2) is 0 Å². The van der Waals surface area contributed by atoms with Crippen LogP contribution in [0.15, 0.2) is 0 Å². The minimum Gasteiger partial charge on any atom is -0.380 e. The highest BCUT2D eigenvalue weighted by Gasteiger charge is 2.19. The molecule has 1 rings (SSSR count). The Kier molecular flexibility index (Phi) is 9.08. The molecule has 0 radical (unpaired) electrons. The highest BCUT2D eigenvalue weighted by atomic mass is 35.5. The lowest BCUT2D eigenvalue weighted by molar-refractivity contribution is 0.0606. The standard InChI is InChI=1S/C6H14N2O.2ClH/c1-9-6-2-3-8-4-5(6)7;;/h5-6,8H,2-4,7H2,1H3;2*1H. The first-order chi connectivity index (χ1) is 4.34. The van der Waals surface area contributed by atoms with Crippen LogP contribution in [0.5, 0.6) is 0 Å². The van der Waals surface area contributed by atoms with Crippen molar-refractivity contribution >= 4 is 24.8 Å². The number of hydrogen-bond acceptors (Lipinski definition) is 3. The van der Waals surface area contributed by atoms with E-state index in [2.05, 4.69) is 5.32 Å². The number of halogens is 2. The van der Waals surface area contributed by atoms with E-state index < -0.39 is 0 Å². The van der Waals surface area contributed by atoms with Crippen molar-refractivity contribution in [2.75, 3.05) is 20.2 Å². The Morgan fingerprint density at radius 2 is 2.09 bits per heavy atom. The number of piperidine rings is 1. The molecule has 2 atom stereocenters. The van der Waals surface area contributed by atoms with Gasteiger partial charge < -0.3 is 15.8 Å². The quantitative estimate of drug-likeness (QED) is 0.638. The van der Waals surface area contributed by atoms with E-state index in [-0.39, 0.29) is 37.0 Å². The molecule has 0 aliphatic carbocycles. The van der Waals surface area contributed by atoms with Gasteiger partial charge in [-0.15, -0.1) is 24.8 Å². The first-order valence-corrected chi connectivity index (χ1v) is 3.33. The van der Waals surface area contributed by atoms with Crippen LogP contribution in [-0.2, 0) is 4.74 Å². The number of methoxy groups -OCH3 is 1. The van der Waals surface area contributed by atoms with E-state index in [1.54, 1.807) is 7.11 Å². The Bertz CT molecular complexity index is 94.7. The first kappa shape index (κ1) is 14.0. The molecule has 0 aromatic rings. The third-order valence-electron chi connectivity index (χ3n) is 1.77. The molecule has 70 valence electrons. The summed E-state index contributed by atoms with van der Waals surface area (Å²) in [6, 6.07) is 0.184. The van der Waals surface area contributed by atoms with Gasteiger partial charge in [-0.1, -0.05) is 0 Å². The zero-order valence-corrected chi connectivity index (χ0v) is 8.21. The normalized spacial score (nSPS) is 30.0. The summed E-state index contributed by atoms with van der Waals surface area (Å²) in [6.45, 7) is 1.92. The average Bonchev–Trinajstić information content (AvgIpc) is 1.89. The Morgan fingerprint density at radius 3 is 2.45 bits per heavy atom. The fourth-order valence-electron chi connectivity index (χ4n) is 1.15. The summed E-state index contributed by atoms with van der Waals surface area (Å²) < 4.78 is 5.14. The van der Waals surface area contributed by atoms with Crippen molar-refractivity contribution in [3.05, 3.63) is 0 Å². The van der Waals surface area contributed by atoms with Crippen molar-refractivity contribution in [2.45, 2.75) is 18.6 Å². The maximum Gasteiger partial charge on any atom is 0.0746 e. The number of hydrogen-bond donors (Lipinski definition) is 2. The zero-order chi connectivity index (χ0) is 6.69. The Labute approximate surface area is 79.9 Å². The monoisotopic (exact) mass is 202 g/mol. The molecule has 1 saturated heterocycles. The van der Waals surface area contributed by atoms with E-state index >= 15 is 0 Å². The van der Waals surface area contributed by atoms with Crippen LogP contribution in [-0.4, -0.2) is 32.3 Å². The van der Waals surface area contributed by atoms with Crippen LogP contribution in [0.25, 0.3) is 0 Å². The van der Waals surface area contributed by atoms with E-state index in [0.717, 1.165) is 19.5 Å². The molecule has 3 N–H and O–H groups in total. The van der Waals surface area contributed by atoms with E-state index in [4.69, 9.17) is 10.5 Å². The smallest absolute Gasteiger partial charge is 0.0746 e. The van der Waals surface area contributed by atoms with Gasteiger partial charge in [-0.2, -0.15) is 0 Å². The molecular formula is C6H16Cl2N2O. The molecule has 11 heavy (non-hydrogen) atoms. The van der Waals surface area contributed by atoms with E-state index in [9.17, 15) is 0 Å². The Morgan fingerprint density at radius 1 is 1.45 bits per heavy atom. The average molecular weight is 203 g/mol. The van der Waals surface area contributed by atoms with Crippen LogP contribution < -0.4 is 11.1 Å². The second kappa shape index (κ2) is 7.13. The van der Waals surface area contributed by atoms with Gasteiger partial charge in [0.25, 0.3) is 0 Å². The summed E-state index contributed by atoms with van der Waals surface area (Å²) in [5.74, 6) is 0. The molecule has 1 heterocycles. The van der Waals surface area contributed by atoms with Crippen molar-refractivity contribution in [3.63, 3.8) is 0 Å². The van der Waals surface area contributed by atoms with Crippen LogP contribution in [0.2, 0.25) is 0 Å². The molecule has 0 bridgehead atoms. The molecule has 2 unspecified atom stereocenters. The maximum atomic E-state index is 5.70.